The Morgan fingerprint density at radius 2 is 1.90 bits per heavy atom. The van der Waals surface area contributed by atoms with E-state index in [4.69, 9.17) is 5.11 Å². The van der Waals surface area contributed by atoms with Crippen LogP contribution in [0.25, 0.3) is 0 Å². The van der Waals surface area contributed by atoms with Crippen LogP contribution in [0.1, 0.15) is 46.0 Å². The second-order valence-electron chi connectivity index (χ2n) is 6.30. The molecule has 1 aliphatic carbocycles. The quantitative estimate of drug-likeness (QED) is 0.797. The first-order chi connectivity index (χ1) is 9.31. The van der Waals surface area contributed by atoms with Gasteiger partial charge in [-0.15, -0.1) is 0 Å². The van der Waals surface area contributed by atoms with E-state index in [2.05, 4.69) is 5.32 Å². The van der Waals surface area contributed by atoms with E-state index in [-0.39, 0.29) is 24.3 Å². The molecule has 2 amide bonds. The Morgan fingerprint density at radius 1 is 1.30 bits per heavy atom. The standard InChI is InChI=1S/C14H22N2O4/c1-14(2,13(19)20)15-12(18)9-7-11(17)16(8-9)10-5-3-4-6-10/h9-10H,3-8H2,1-2H3,(H,15,18)(H,19,20). The molecule has 2 aliphatic rings. The van der Waals surface area contributed by atoms with Gasteiger partial charge in [-0.1, -0.05) is 12.8 Å². The summed E-state index contributed by atoms with van der Waals surface area (Å²) in [6, 6.07) is 0.271. The number of rotatable bonds is 4. The molecule has 1 aliphatic heterocycles. The van der Waals surface area contributed by atoms with Crippen LogP contribution in [-0.2, 0) is 14.4 Å². The molecule has 6 heteroatoms. The Hall–Kier alpha value is -1.59. The molecule has 6 nitrogen and oxygen atoms in total. The summed E-state index contributed by atoms with van der Waals surface area (Å²) in [7, 11) is 0. The first-order valence-corrected chi connectivity index (χ1v) is 7.16. The van der Waals surface area contributed by atoms with Gasteiger partial charge in [0.2, 0.25) is 11.8 Å². The molecule has 2 fully saturated rings. The summed E-state index contributed by atoms with van der Waals surface area (Å²) in [6.45, 7) is 3.31. The van der Waals surface area contributed by atoms with Crippen molar-refractivity contribution in [1.82, 2.24) is 10.2 Å². The SMILES string of the molecule is CC(C)(NC(=O)C1CC(=O)N(C2CCCC2)C1)C(=O)O. The lowest BCUT2D eigenvalue weighted by Crippen LogP contribution is -2.52. The molecule has 20 heavy (non-hydrogen) atoms. The van der Waals surface area contributed by atoms with E-state index in [0.29, 0.717) is 6.54 Å². The Bertz CT molecular complexity index is 427. The Labute approximate surface area is 118 Å². The third-order valence-electron chi connectivity index (χ3n) is 4.27. The molecular formula is C14H22N2O4. The molecule has 0 aromatic heterocycles. The van der Waals surface area contributed by atoms with E-state index in [0.717, 1.165) is 25.7 Å². The maximum Gasteiger partial charge on any atom is 0.328 e. The second-order valence-corrected chi connectivity index (χ2v) is 6.30. The van der Waals surface area contributed by atoms with E-state index in [1.165, 1.54) is 13.8 Å². The number of carbonyl (C=O) groups is 3. The van der Waals surface area contributed by atoms with Gasteiger partial charge in [-0.25, -0.2) is 4.79 Å². The van der Waals surface area contributed by atoms with Crippen LogP contribution in [0.5, 0.6) is 0 Å². The number of hydrogen-bond acceptors (Lipinski definition) is 3. The van der Waals surface area contributed by atoms with E-state index in [1.807, 2.05) is 4.90 Å². The van der Waals surface area contributed by atoms with Crippen LogP contribution in [0.4, 0.5) is 0 Å². The van der Waals surface area contributed by atoms with Crippen molar-refractivity contribution < 1.29 is 19.5 Å². The van der Waals surface area contributed by atoms with Gasteiger partial charge in [0.25, 0.3) is 0 Å². The van der Waals surface area contributed by atoms with Gasteiger partial charge in [-0.3, -0.25) is 9.59 Å². The number of likely N-dealkylation sites (tertiary alicyclic amines) is 1. The maximum absolute atomic E-state index is 12.1. The molecule has 1 unspecified atom stereocenters. The zero-order valence-electron chi connectivity index (χ0n) is 12.0. The molecule has 0 bridgehead atoms. The number of carboxylic acids is 1. The van der Waals surface area contributed by atoms with E-state index in [1.54, 1.807) is 0 Å². The molecule has 1 saturated heterocycles. The van der Waals surface area contributed by atoms with Gasteiger partial charge in [-0.05, 0) is 26.7 Å². The van der Waals surface area contributed by atoms with Gasteiger partial charge in [0.05, 0.1) is 5.92 Å². The van der Waals surface area contributed by atoms with Crippen molar-refractivity contribution in [3.05, 3.63) is 0 Å². The molecule has 0 spiro atoms. The normalized spacial score (nSPS) is 24.2. The van der Waals surface area contributed by atoms with Gasteiger partial charge in [0, 0.05) is 19.0 Å². The third kappa shape index (κ3) is 2.94. The molecule has 0 aromatic carbocycles. The topological polar surface area (TPSA) is 86.7 Å². The smallest absolute Gasteiger partial charge is 0.328 e. The molecule has 0 radical (unpaired) electrons. The van der Waals surface area contributed by atoms with Crippen LogP contribution in [0.3, 0.4) is 0 Å². The van der Waals surface area contributed by atoms with E-state index in [9.17, 15) is 14.4 Å². The van der Waals surface area contributed by atoms with Gasteiger partial charge < -0.3 is 15.3 Å². The summed E-state index contributed by atoms with van der Waals surface area (Å²) in [6.07, 6.45) is 4.49. The van der Waals surface area contributed by atoms with Crippen LogP contribution in [0.2, 0.25) is 0 Å². The predicted molar refractivity (Wildman–Crippen MR) is 71.9 cm³/mol. The fourth-order valence-corrected chi connectivity index (χ4v) is 2.94. The molecule has 112 valence electrons. The van der Waals surface area contributed by atoms with Crippen molar-refractivity contribution in [3.63, 3.8) is 0 Å². The predicted octanol–water partition coefficient (Wildman–Crippen LogP) is 0.757. The molecule has 1 heterocycles. The van der Waals surface area contributed by atoms with Gasteiger partial charge in [0.15, 0.2) is 0 Å². The average Bonchev–Trinajstić information content (AvgIpc) is 2.96. The van der Waals surface area contributed by atoms with Crippen molar-refractivity contribution in [2.75, 3.05) is 6.54 Å². The fourth-order valence-electron chi connectivity index (χ4n) is 2.94. The van der Waals surface area contributed by atoms with Gasteiger partial charge in [0.1, 0.15) is 5.54 Å². The summed E-state index contributed by atoms with van der Waals surface area (Å²) in [4.78, 5) is 37.0. The number of nitrogens with one attached hydrogen (secondary N) is 1. The van der Waals surface area contributed by atoms with Crippen molar-refractivity contribution in [2.24, 2.45) is 5.92 Å². The lowest BCUT2D eigenvalue weighted by molar-refractivity contribution is -0.146. The average molecular weight is 282 g/mol. The number of nitrogens with zero attached hydrogens (tertiary/aromatic N) is 1. The van der Waals surface area contributed by atoms with E-state index >= 15 is 0 Å². The van der Waals surface area contributed by atoms with Crippen molar-refractivity contribution in [2.45, 2.75) is 57.5 Å². The van der Waals surface area contributed by atoms with Gasteiger partial charge >= 0.3 is 5.97 Å². The van der Waals surface area contributed by atoms with Crippen molar-refractivity contribution >= 4 is 17.8 Å². The van der Waals surface area contributed by atoms with Crippen LogP contribution >= 0.6 is 0 Å². The first kappa shape index (κ1) is 14.8. The van der Waals surface area contributed by atoms with Gasteiger partial charge in [-0.2, -0.15) is 0 Å². The Morgan fingerprint density at radius 3 is 2.45 bits per heavy atom. The second kappa shape index (κ2) is 5.42. The molecule has 2 rings (SSSR count). The van der Waals surface area contributed by atoms with E-state index < -0.39 is 17.4 Å². The Balaban J connectivity index is 1.96. The number of amides is 2. The fraction of sp³-hybridized carbons (Fsp3) is 0.786. The number of carbonyl (C=O) groups excluding carboxylic acids is 2. The summed E-state index contributed by atoms with van der Waals surface area (Å²) >= 11 is 0. The number of hydrogen-bond donors (Lipinski definition) is 2. The highest BCUT2D eigenvalue weighted by Crippen LogP contribution is 2.29. The summed E-state index contributed by atoms with van der Waals surface area (Å²) in [5, 5.41) is 11.5. The zero-order chi connectivity index (χ0) is 14.9. The molecule has 1 atom stereocenters. The number of aliphatic carboxylic acids is 1. The summed E-state index contributed by atoms with van der Waals surface area (Å²) < 4.78 is 0. The van der Waals surface area contributed by atoms with Crippen LogP contribution in [0.15, 0.2) is 0 Å². The third-order valence-corrected chi connectivity index (χ3v) is 4.27. The number of carboxylic acid groups (broad SMARTS) is 1. The summed E-state index contributed by atoms with van der Waals surface area (Å²) in [5.74, 6) is -1.83. The highest BCUT2D eigenvalue weighted by atomic mass is 16.4. The molecule has 2 N–H and O–H groups in total. The van der Waals surface area contributed by atoms with Crippen LogP contribution in [-0.4, -0.2) is 45.9 Å². The minimum Gasteiger partial charge on any atom is -0.480 e. The van der Waals surface area contributed by atoms with Crippen LogP contribution in [0, 0.1) is 5.92 Å². The minimum absolute atomic E-state index is 0.0187. The molecule has 0 aromatic rings. The largest absolute Gasteiger partial charge is 0.480 e. The molecular weight excluding hydrogens is 260 g/mol. The zero-order valence-corrected chi connectivity index (χ0v) is 12.0. The summed E-state index contributed by atoms with van der Waals surface area (Å²) in [5.41, 5.74) is -1.30. The molecule has 1 saturated carbocycles. The highest BCUT2D eigenvalue weighted by molar-refractivity contribution is 5.92. The monoisotopic (exact) mass is 282 g/mol. The first-order valence-electron chi connectivity index (χ1n) is 7.16. The lowest BCUT2D eigenvalue weighted by Gasteiger charge is -2.25. The van der Waals surface area contributed by atoms with Crippen molar-refractivity contribution in [3.8, 4) is 0 Å². The van der Waals surface area contributed by atoms with Crippen molar-refractivity contribution in [1.29, 1.82) is 0 Å². The highest BCUT2D eigenvalue weighted by Gasteiger charge is 2.40. The minimum atomic E-state index is -1.30. The Kier molecular flexibility index (Phi) is 4.01. The van der Waals surface area contributed by atoms with Crippen LogP contribution < -0.4 is 5.32 Å². The maximum atomic E-state index is 12.1. The lowest BCUT2D eigenvalue weighted by atomic mass is 10.0.